The van der Waals surface area contributed by atoms with Gasteiger partial charge in [0.2, 0.25) is 6.10 Å². The summed E-state index contributed by atoms with van der Waals surface area (Å²) in [7, 11) is 0. The van der Waals surface area contributed by atoms with Crippen molar-refractivity contribution in [3.8, 4) is 0 Å². The second-order valence-corrected chi connectivity index (χ2v) is 6.92. The van der Waals surface area contributed by atoms with Crippen molar-refractivity contribution in [3.05, 3.63) is 0 Å². The van der Waals surface area contributed by atoms with Crippen LogP contribution in [0.1, 0.15) is 47.5 Å². The quantitative estimate of drug-likeness (QED) is 0.305. The van der Waals surface area contributed by atoms with Crippen molar-refractivity contribution in [2.45, 2.75) is 90.5 Å². The predicted molar refractivity (Wildman–Crippen MR) is 82.8 cm³/mol. The molecule has 0 aliphatic rings. The summed E-state index contributed by atoms with van der Waals surface area (Å²) in [4.78, 5) is 11.2. The van der Waals surface area contributed by atoms with Crippen LogP contribution in [0.25, 0.3) is 0 Å². The van der Waals surface area contributed by atoms with Crippen molar-refractivity contribution in [2.75, 3.05) is 0 Å². The number of esters is 1. The van der Waals surface area contributed by atoms with Crippen molar-refractivity contribution < 1.29 is 67.0 Å². The smallest absolute Gasteiger partial charge is 0.434 e. The Kier molecular flexibility index (Phi) is 11.2. The summed E-state index contributed by atoms with van der Waals surface area (Å²) in [6.45, 7) is 6.47. The molecule has 1 unspecified atom stereocenters. The predicted octanol–water partition coefficient (Wildman–Crippen LogP) is 6.75. The molecule has 0 fully saturated rings. The van der Waals surface area contributed by atoms with E-state index in [4.69, 9.17) is 0 Å². The van der Waals surface area contributed by atoms with Crippen LogP contribution in [0.5, 0.6) is 0 Å². The molecule has 0 aromatic rings. The molecule has 31 heavy (non-hydrogen) atoms. The normalized spacial score (nSPS) is 14.9. The molecule has 0 bridgehead atoms. The van der Waals surface area contributed by atoms with E-state index in [2.05, 4.69) is 9.47 Å². The number of hydrogen-bond acceptors (Lipinski definition) is 3. The third-order valence-electron chi connectivity index (χ3n) is 3.79. The fourth-order valence-corrected chi connectivity index (χ4v) is 1.40. The molecule has 0 radical (unpaired) electrons. The molecule has 0 rings (SSSR count). The molecule has 0 amide bonds. The van der Waals surface area contributed by atoms with Crippen LogP contribution in [0.4, 0.5) is 52.7 Å². The number of ether oxygens (including phenoxy) is 2. The molecule has 0 aromatic heterocycles. The Hall–Kier alpha value is -1.41. The summed E-state index contributed by atoms with van der Waals surface area (Å²) in [5.74, 6) is -1.53. The average molecular weight is 490 g/mol. The van der Waals surface area contributed by atoms with Gasteiger partial charge in [0, 0.05) is 0 Å². The van der Waals surface area contributed by atoms with Gasteiger partial charge in [0.15, 0.2) is 0 Å². The van der Waals surface area contributed by atoms with Crippen molar-refractivity contribution in [2.24, 2.45) is 5.41 Å². The molecule has 0 aliphatic heterocycles. The van der Waals surface area contributed by atoms with E-state index in [1.165, 1.54) is 27.7 Å². The van der Waals surface area contributed by atoms with Gasteiger partial charge in [-0.3, -0.25) is 4.79 Å². The molecule has 188 valence electrons. The summed E-state index contributed by atoms with van der Waals surface area (Å²) < 4.78 is 151. The van der Waals surface area contributed by atoms with Crippen LogP contribution >= 0.6 is 0 Å². The standard InChI is InChI=1S/C9H12F6O2.C7H10F6O/c1-4-7(2,3)6(16)17-5(8(10,11)12)9(13,14)15;1-3-4(2)14-5(6(8,9)10)7(11,12)13/h5H,4H2,1-3H3;4-5H,3H2,1-2H3. The zero-order valence-electron chi connectivity index (χ0n) is 16.9. The molecule has 0 spiro atoms. The highest BCUT2D eigenvalue weighted by Gasteiger charge is 2.60. The zero-order chi connectivity index (χ0) is 25.6. The van der Waals surface area contributed by atoms with Gasteiger partial charge in [-0.15, -0.1) is 0 Å². The molecule has 1 atom stereocenters. The molecule has 15 heteroatoms. The first kappa shape index (κ1) is 31.8. The fraction of sp³-hybridized carbons (Fsp3) is 0.938. The molecule has 0 aromatic carbocycles. The summed E-state index contributed by atoms with van der Waals surface area (Å²) >= 11 is 0. The van der Waals surface area contributed by atoms with Crippen LogP contribution in [0.2, 0.25) is 0 Å². The average Bonchev–Trinajstić information content (AvgIpc) is 2.53. The highest BCUT2D eigenvalue weighted by atomic mass is 19.4. The molecule has 0 saturated heterocycles. The van der Waals surface area contributed by atoms with Crippen molar-refractivity contribution in [1.29, 1.82) is 0 Å². The van der Waals surface area contributed by atoms with E-state index in [1.807, 2.05) is 0 Å². The third kappa shape index (κ3) is 11.7. The van der Waals surface area contributed by atoms with Gasteiger partial charge in [0.1, 0.15) is 0 Å². The molecular weight excluding hydrogens is 468 g/mol. The summed E-state index contributed by atoms with van der Waals surface area (Å²) in [5.41, 5.74) is -1.39. The minimum Gasteiger partial charge on any atom is -0.442 e. The van der Waals surface area contributed by atoms with E-state index >= 15 is 0 Å². The van der Waals surface area contributed by atoms with Crippen LogP contribution in [-0.4, -0.2) is 49.0 Å². The lowest BCUT2D eigenvalue weighted by atomic mass is 9.90. The van der Waals surface area contributed by atoms with Crippen LogP contribution in [0, 0.1) is 5.41 Å². The number of halogens is 12. The zero-order valence-corrected chi connectivity index (χ0v) is 16.9. The van der Waals surface area contributed by atoms with Crippen molar-refractivity contribution >= 4 is 5.97 Å². The number of rotatable bonds is 6. The van der Waals surface area contributed by atoms with E-state index in [0.29, 0.717) is 0 Å². The minimum atomic E-state index is -5.67. The van der Waals surface area contributed by atoms with E-state index < -0.39 is 54.4 Å². The first-order valence-electron chi connectivity index (χ1n) is 8.54. The topological polar surface area (TPSA) is 35.5 Å². The number of alkyl halides is 12. The SMILES string of the molecule is CCC(C)(C)C(=O)OC(C(F)(F)F)C(F)(F)F.CCC(C)OC(C(F)(F)F)C(F)(F)F. The number of carbonyl (C=O) groups excluding carboxylic acids is 1. The lowest BCUT2D eigenvalue weighted by molar-refractivity contribution is -0.329. The van der Waals surface area contributed by atoms with E-state index in [1.54, 1.807) is 0 Å². The Morgan fingerprint density at radius 1 is 0.710 bits per heavy atom. The van der Waals surface area contributed by atoms with Crippen LogP contribution < -0.4 is 0 Å². The molecular formula is C16H22F12O3. The van der Waals surface area contributed by atoms with Gasteiger partial charge < -0.3 is 9.47 Å². The van der Waals surface area contributed by atoms with Crippen molar-refractivity contribution in [3.63, 3.8) is 0 Å². The highest BCUT2D eigenvalue weighted by molar-refractivity contribution is 5.76. The summed E-state index contributed by atoms with van der Waals surface area (Å²) in [6, 6.07) is 0. The molecule has 0 heterocycles. The maximum atomic E-state index is 12.1. The molecule has 0 N–H and O–H groups in total. The fourth-order valence-electron chi connectivity index (χ4n) is 1.40. The van der Waals surface area contributed by atoms with Gasteiger partial charge in [-0.1, -0.05) is 13.8 Å². The lowest BCUT2D eigenvalue weighted by Crippen LogP contribution is -2.47. The number of carbonyl (C=O) groups is 1. The van der Waals surface area contributed by atoms with Gasteiger partial charge in [-0.05, 0) is 33.6 Å². The third-order valence-corrected chi connectivity index (χ3v) is 3.79. The Bertz CT molecular complexity index is 518. The van der Waals surface area contributed by atoms with Crippen LogP contribution in [-0.2, 0) is 14.3 Å². The molecule has 0 aliphatic carbocycles. The van der Waals surface area contributed by atoms with Gasteiger partial charge in [0.05, 0.1) is 11.5 Å². The van der Waals surface area contributed by atoms with E-state index in [9.17, 15) is 57.5 Å². The largest absolute Gasteiger partial charge is 0.442 e. The van der Waals surface area contributed by atoms with Gasteiger partial charge in [-0.25, -0.2) is 0 Å². The lowest BCUT2D eigenvalue weighted by Gasteiger charge is -2.27. The maximum Gasteiger partial charge on any atom is 0.434 e. The van der Waals surface area contributed by atoms with Gasteiger partial charge in [0.25, 0.3) is 6.10 Å². The Morgan fingerprint density at radius 2 is 1.03 bits per heavy atom. The first-order chi connectivity index (χ1) is 13.4. The van der Waals surface area contributed by atoms with E-state index in [-0.39, 0.29) is 12.8 Å². The van der Waals surface area contributed by atoms with Gasteiger partial charge in [-0.2, -0.15) is 52.7 Å². The minimum absolute atomic E-state index is 0.0638. The monoisotopic (exact) mass is 490 g/mol. The van der Waals surface area contributed by atoms with E-state index in [0.717, 1.165) is 6.92 Å². The second kappa shape index (κ2) is 10.9. The second-order valence-electron chi connectivity index (χ2n) is 6.92. The Balaban J connectivity index is 0. The highest BCUT2D eigenvalue weighted by Crippen LogP contribution is 2.38. The molecule has 3 nitrogen and oxygen atoms in total. The molecule has 0 saturated carbocycles. The van der Waals surface area contributed by atoms with Crippen LogP contribution in [0.3, 0.4) is 0 Å². The maximum absolute atomic E-state index is 12.1. The summed E-state index contributed by atoms with van der Waals surface area (Å²) in [6.07, 6.45) is -30.9. The van der Waals surface area contributed by atoms with Gasteiger partial charge >= 0.3 is 30.7 Å². The van der Waals surface area contributed by atoms with Crippen molar-refractivity contribution in [1.82, 2.24) is 0 Å². The van der Waals surface area contributed by atoms with Crippen LogP contribution in [0.15, 0.2) is 0 Å². The Morgan fingerprint density at radius 3 is 1.26 bits per heavy atom. The summed E-state index contributed by atoms with van der Waals surface area (Å²) in [5, 5.41) is 0. The number of hydrogen-bond donors (Lipinski definition) is 0. The Labute approximate surface area is 170 Å². The first-order valence-corrected chi connectivity index (χ1v) is 8.54.